The number of aryl methyl sites for hydroxylation is 1. The van der Waals surface area contributed by atoms with Crippen molar-refractivity contribution in [3.05, 3.63) is 91.2 Å². The van der Waals surface area contributed by atoms with Gasteiger partial charge in [0.2, 0.25) is 11.7 Å². The van der Waals surface area contributed by atoms with Gasteiger partial charge in [-0.05, 0) is 43.0 Å². The lowest BCUT2D eigenvalue weighted by Crippen LogP contribution is -2.25. The Balaban J connectivity index is 1.34. The molecule has 0 fully saturated rings. The molecule has 2 aromatic carbocycles. The van der Waals surface area contributed by atoms with Crippen LogP contribution in [0.3, 0.4) is 0 Å². The number of ketones is 3. The number of aliphatic hydroxyl groups excluding tert-OH is 1. The van der Waals surface area contributed by atoms with E-state index < -0.39 is 6.10 Å². The van der Waals surface area contributed by atoms with Crippen molar-refractivity contribution in [2.45, 2.75) is 44.6 Å². The minimum atomic E-state index is -1.11. The molecule has 0 saturated carbocycles. The third-order valence-corrected chi connectivity index (χ3v) is 8.25. The van der Waals surface area contributed by atoms with E-state index >= 15 is 0 Å². The Labute approximate surface area is 218 Å². The first-order valence-electron chi connectivity index (χ1n) is 12.6. The van der Waals surface area contributed by atoms with Gasteiger partial charge < -0.3 is 16.2 Å². The van der Waals surface area contributed by atoms with Crippen molar-refractivity contribution in [2.24, 2.45) is 5.73 Å². The molecule has 37 heavy (non-hydrogen) atoms. The first kappa shape index (κ1) is 25.2. The second-order valence-electron chi connectivity index (χ2n) is 9.46. The van der Waals surface area contributed by atoms with E-state index in [0.29, 0.717) is 41.1 Å². The zero-order valence-electron chi connectivity index (χ0n) is 20.3. The number of amides is 1. The highest BCUT2D eigenvalue weighted by atomic mass is 32.1. The first-order valence-corrected chi connectivity index (χ1v) is 13.4. The molecule has 1 aromatic heterocycles. The van der Waals surface area contributed by atoms with Gasteiger partial charge in [-0.15, -0.1) is 11.3 Å². The molecule has 1 heterocycles. The van der Waals surface area contributed by atoms with Gasteiger partial charge in [0, 0.05) is 29.7 Å². The van der Waals surface area contributed by atoms with E-state index in [9.17, 15) is 24.3 Å². The molecule has 8 heteroatoms. The van der Waals surface area contributed by atoms with Gasteiger partial charge in [-0.3, -0.25) is 19.2 Å². The summed E-state index contributed by atoms with van der Waals surface area (Å²) in [6.45, 7) is 1.31. The third kappa shape index (κ3) is 4.56. The van der Waals surface area contributed by atoms with Gasteiger partial charge in [0.15, 0.2) is 11.6 Å². The van der Waals surface area contributed by atoms with Gasteiger partial charge in [-0.1, -0.05) is 49.2 Å². The van der Waals surface area contributed by atoms with Gasteiger partial charge >= 0.3 is 0 Å². The minimum Gasteiger partial charge on any atom is -0.383 e. The minimum absolute atomic E-state index is 0.0557. The van der Waals surface area contributed by atoms with Crippen LogP contribution in [0.25, 0.3) is 0 Å². The fourth-order valence-electron chi connectivity index (χ4n) is 5.05. The summed E-state index contributed by atoms with van der Waals surface area (Å²) in [6, 6.07) is 11.8. The quantitative estimate of drug-likeness (QED) is 0.291. The van der Waals surface area contributed by atoms with Gasteiger partial charge in [-0.25, -0.2) is 0 Å². The first-order chi connectivity index (χ1) is 17.9. The number of hydrogen-bond donors (Lipinski definition) is 3. The van der Waals surface area contributed by atoms with Gasteiger partial charge in [0.05, 0.1) is 20.9 Å². The average Bonchev–Trinajstić information content (AvgIpc) is 3.33. The maximum Gasteiger partial charge on any atom is 0.220 e. The Morgan fingerprint density at radius 2 is 1.59 bits per heavy atom. The van der Waals surface area contributed by atoms with Crippen LogP contribution < -0.4 is 11.1 Å². The number of fused-ring (bicyclic) bond motifs is 5. The largest absolute Gasteiger partial charge is 0.383 e. The molecule has 5 rings (SSSR count). The molecular weight excluding hydrogens is 488 g/mol. The standard InChI is InChI=1S/C29H28N2O5S/c30-13-5-1-2-6-14-31-21(32)12-10-16-9-11-19-20(15-16)25(34)23-22-24(33)17-7-3-4-8-18(17)26(35)28(22)37-29(23)27(19)36/h3-4,7-9,11,15,27,36H,1-2,5-6,10,12-14,30H2,(H,31,32). The predicted octanol–water partition coefficient (Wildman–Crippen LogP) is 3.72. The van der Waals surface area contributed by atoms with E-state index in [1.165, 1.54) is 0 Å². The van der Waals surface area contributed by atoms with Crippen LogP contribution in [0.1, 0.15) is 101 Å². The fraction of sp³-hybridized carbons (Fsp3) is 0.310. The molecule has 1 unspecified atom stereocenters. The van der Waals surface area contributed by atoms with Crippen molar-refractivity contribution < 1.29 is 24.3 Å². The Kier molecular flexibility index (Phi) is 7.15. The van der Waals surface area contributed by atoms with Gasteiger partial charge in [-0.2, -0.15) is 0 Å². The molecule has 2 aliphatic rings. The highest BCUT2D eigenvalue weighted by Gasteiger charge is 2.42. The summed E-state index contributed by atoms with van der Waals surface area (Å²) in [7, 11) is 0. The summed E-state index contributed by atoms with van der Waals surface area (Å²) in [5.74, 6) is -1.11. The molecule has 0 radical (unpaired) electrons. The summed E-state index contributed by atoms with van der Waals surface area (Å²) < 4.78 is 0. The zero-order valence-corrected chi connectivity index (χ0v) is 21.2. The lowest BCUT2D eigenvalue weighted by Gasteiger charge is -2.22. The molecule has 190 valence electrons. The van der Waals surface area contributed by atoms with Crippen molar-refractivity contribution in [3.63, 3.8) is 0 Å². The van der Waals surface area contributed by atoms with E-state index in [0.717, 1.165) is 42.6 Å². The molecular formula is C29H28N2O5S. The molecule has 7 nitrogen and oxygen atoms in total. The second-order valence-corrected chi connectivity index (χ2v) is 10.5. The predicted molar refractivity (Wildman–Crippen MR) is 140 cm³/mol. The van der Waals surface area contributed by atoms with Crippen LogP contribution in [-0.4, -0.2) is 41.5 Å². The van der Waals surface area contributed by atoms with Gasteiger partial charge in [0.1, 0.15) is 6.10 Å². The molecule has 0 saturated heterocycles. The van der Waals surface area contributed by atoms with Gasteiger partial charge in [0.25, 0.3) is 0 Å². The Morgan fingerprint density at radius 3 is 2.35 bits per heavy atom. The molecule has 2 aliphatic carbocycles. The van der Waals surface area contributed by atoms with Crippen LogP contribution in [0.5, 0.6) is 0 Å². The number of unbranched alkanes of at least 4 members (excludes halogenated alkanes) is 3. The molecule has 4 N–H and O–H groups in total. The number of thiophene rings is 1. The Morgan fingerprint density at radius 1 is 0.892 bits per heavy atom. The number of nitrogens with one attached hydrogen (secondary N) is 1. The number of rotatable bonds is 9. The second kappa shape index (κ2) is 10.5. The normalized spacial score (nSPS) is 15.6. The van der Waals surface area contributed by atoms with Crippen LogP contribution in [0.4, 0.5) is 0 Å². The average molecular weight is 517 g/mol. The number of benzene rings is 2. The molecule has 0 bridgehead atoms. The number of aliphatic hydroxyl groups is 1. The SMILES string of the molecule is NCCCCCCNC(=O)CCc1ccc2c(c1)C(=O)c1c(sc3c1C(=O)c1ccccc1C3=O)C2O. The maximum absolute atomic E-state index is 13.6. The third-order valence-electron chi connectivity index (χ3n) is 7.01. The number of carbonyl (C=O) groups is 4. The lowest BCUT2D eigenvalue weighted by atomic mass is 9.80. The smallest absolute Gasteiger partial charge is 0.220 e. The van der Waals surface area contributed by atoms with Crippen LogP contribution in [0, 0.1) is 0 Å². The van der Waals surface area contributed by atoms with Crippen LogP contribution in [0.2, 0.25) is 0 Å². The molecule has 0 aliphatic heterocycles. The number of hydrogen-bond acceptors (Lipinski definition) is 7. The number of nitrogens with two attached hydrogens (primary N) is 1. The van der Waals surface area contributed by atoms with Crippen LogP contribution in [0.15, 0.2) is 42.5 Å². The molecule has 3 aromatic rings. The van der Waals surface area contributed by atoms with E-state index in [1.54, 1.807) is 42.5 Å². The summed E-state index contributed by atoms with van der Waals surface area (Å²) in [5.41, 5.74) is 7.83. The summed E-state index contributed by atoms with van der Waals surface area (Å²) in [6.07, 6.45) is 3.60. The summed E-state index contributed by atoms with van der Waals surface area (Å²) in [4.78, 5) is 52.9. The highest BCUT2D eigenvalue weighted by Crippen LogP contribution is 2.45. The highest BCUT2D eigenvalue weighted by molar-refractivity contribution is 7.15. The molecule has 1 amide bonds. The van der Waals surface area contributed by atoms with Crippen molar-refractivity contribution in [1.29, 1.82) is 0 Å². The monoisotopic (exact) mass is 516 g/mol. The Hall–Kier alpha value is -3.46. The van der Waals surface area contributed by atoms with Crippen molar-refractivity contribution in [2.75, 3.05) is 13.1 Å². The maximum atomic E-state index is 13.6. The lowest BCUT2D eigenvalue weighted by molar-refractivity contribution is -0.121. The van der Waals surface area contributed by atoms with Crippen molar-refractivity contribution in [3.8, 4) is 0 Å². The number of carbonyl (C=O) groups excluding carboxylic acids is 4. The Bertz CT molecular complexity index is 1420. The van der Waals surface area contributed by atoms with E-state index in [2.05, 4.69) is 5.32 Å². The molecule has 1 atom stereocenters. The van der Waals surface area contributed by atoms with Crippen LogP contribution >= 0.6 is 11.3 Å². The summed E-state index contributed by atoms with van der Waals surface area (Å²) in [5, 5.41) is 14.0. The van der Waals surface area contributed by atoms with E-state index in [-0.39, 0.29) is 51.2 Å². The van der Waals surface area contributed by atoms with Crippen LogP contribution in [-0.2, 0) is 11.2 Å². The zero-order chi connectivity index (χ0) is 26.1. The van der Waals surface area contributed by atoms with E-state index in [4.69, 9.17) is 5.73 Å². The van der Waals surface area contributed by atoms with Crippen molar-refractivity contribution >= 4 is 34.6 Å². The summed E-state index contributed by atoms with van der Waals surface area (Å²) >= 11 is 1.02. The van der Waals surface area contributed by atoms with Crippen molar-refractivity contribution in [1.82, 2.24) is 5.32 Å². The fourth-order valence-corrected chi connectivity index (χ4v) is 6.30. The van der Waals surface area contributed by atoms with E-state index in [1.807, 2.05) is 0 Å². The molecule has 0 spiro atoms. The topological polar surface area (TPSA) is 127 Å².